The number of unbranched alkanes of at least 4 members (excludes halogenated alkanes) is 1. The van der Waals surface area contributed by atoms with Gasteiger partial charge >= 0.3 is 5.97 Å². The Hall–Kier alpha value is -1.61. The maximum atomic E-state index is 11.5. The summed E-state index contributed by atoms with van der Waals surface area (Å²) in [6.45, 7) is 4.43. The van der Waals surface area contributed by atoms with Crippen molar-refractivity contribution in [2.24, 2.45) is 0 Å². The van der Waals surface area contributed by atoms with Crippen LogP contribution in [0.1, 0.15) is 32.3 Å². The standard InChI is InChI=1S/C15H20O3/c1-3-4-12-17-13(2)18-15(16)11-10-14-8-6-5-7-9-14/h5-11,13H,3-4,12H2,1-2H3. The van der Waals surface area contributed by atoms with E-state index in [0.717, 1.165) is 18.4 Å². The number of esters is 1. The minimum atomic E-state index is -0.496. The molecule has 98 valence electrons. The van der Waals surface area contributed by atoms with E-state index in [1.54, 1.807) is 13.0 Å². The van der Waals surface area contributed by atoms with Gasteiger partial charge in [-0.15, -0.1) is 0 Å². The zero-order chi connectivity index (χ0) is 13.2. The van der Waals surface area contributed by atoms with Gasteiger partial charge in [0.25, 0.3) is 0 Å². The first-order valence-electron chi connectivity index (χ1n) is 6.27. The topological polar surface area (TPSA) is 35.5 Å². The summed E-state index contributed by atoms with van der Waals surface area (Å²) in [5, 5.41) is 0. The molecule has 0 saturated carbocycles. The van der Waals surface area contributed by atoms with Crippen molar-refractivity contribution in [2.45, 2.75) is 33.0 Å². The van der Waals surface area contributed by atoms with E-state index >= 15 is 0 Å². The summed E-state index contributed by atoms with van der Waals surface area (Å²) in [5.41, 5.74) is 0.967. The second kappa shape index (κ2) is 8.48. The predicted molar refractivity (Wildman–Crippen MR) is 71.9 cm³/mol. The van der Waals surface area contributed by atoms with Crippen LogP contribution in [0.5, 0.6) is 0 Å². The number of rotatable bonds is 7. The molecule has 1 aromatic carbocycles. The summed E-state index contributed by atoms with van der Waals surface area (Å²) >= 11 is 0. The van der Waals surface area contributed by atoms with Gasteiger partial charge in [0.05, 0.1) is 6.61 Å². The van der Waals surface area contributed by atoms with Crippen molar-refractivity contribution in [2.75, 3.05) is 6.61 Å². The average Bonchev–Trinajstić information content (AvgIpc) is 2.38. The summed E-state index contributed by atoms with van der Waals surface area (Å²) in [4.78, 5) is 11.5. The van der Waals surface area contributed by atoms with Crippen LogP contribution in [0.2, 0.25) is 0 Å². The number of carbonyl (C=O) groups excluding carboxylic acids is 1. The molecule has 0 bridgehead atoms. The summed E-state index contributed by atoms with van der Waals surface area (Å²) in [6, 6.07) is 9.61. The first-order valence-corrected chi connectivity index (χ1v) is 6.27. The first kappa shape index (κ1) is 14.5. The molecule has 0 aromatic heterocycles. The Balaban J connectivity index is 2.30. The molecular formula is C15H20O3. The van der Waals surface area contributed by atoms with Crippen LogP contribution in [-0.2, 0) is 14.3 Å². The average molecular weight is 248 g/mol. The molecule has 0 fully saturated rings. The molecule has 0 amide bonds. The molecule has 0 saturated heterocycles. The lowest BCUT2D eigenvalue weighted by atomic mass is 10.2. The maximum Gasteiger partial charge on any atom is 0.333 e. The molecule has 3 nitrogen and oxygen atoms in total. The first-order chi connectivity index (χ1) is 8.72. The maximum absolute atomic E-state index is 11.5. The van der Waals surface area contributed by atoms with Gasteiger partial charge in [0.1, 0.15) is 0 Å². The molecule has 1 unspecified atom stereocenters. The summed E-state index contributed by atoms with van der Waals surface area (Å²) in [7, 11) is 0. The highest BCUT2D eigenvalue weighted by Crippen LogP contribution is 2.03. The molecule has 1 atom stereocenters. The monoisotopic (exact) mass is 248 g/mol. The molecule has 0 heterocycles. The van der Waals surface area contributed by atoms with Gasteiger partial charge in [0.2, 0.25) is 0 Å². The lowest BCUT2D eigenvalue weighted by Gasteiger charge is -2.12. The van der Waals surface area contributed by atoms with Gasteiger partial charge in [-0.25, -0.2) is 4.79 Å². The predicted octanol–water partition coefficient (Wildman–Crippen LogP) is 3.41. The Morgan fingerprint density at radius 2 is 2.06 bits per heavy atom. The number of carbonyl (C=O) groups is 1. The second-order valence-electron chi connectivity index (χ2n) is 3.97. The minimum Gasteiger partial charge on any atom is -0.433 e. The smallest absolute Gasteiger partial charge is 0.333 e. The van der Waals surface area contributed by atoms with Gasteiger partial charge in [-0.05, 0) is 25.0 Å². The minimum absolute atomic E-state index is 0.386. The number of hydrogen-bond donors (Lipinski definition) is 0. The molecule has 0 radical (unpaired) electrons. The van der Waals surface area contributed by atoms with E-state index in [4.69, 9.17) is 9.47 Å². The third-order valence-electron chi connectivity index (χ3n) is 2.34. The van der Waals surface area contributed by atoms with Crippen LogP contribution in [0.15, 0.2) is 36.4 Å². The molecule has 0 aliphatic rings. The van der Waals surface area contributed by atoms with Crippen molar-refractivity contribution < 1.29 is 14.3 Å². The Morgan fingerprint density at radius 1 is 1.33 bits per heavy atom. The zero-order valence-electron chi connectivity index (χ0n) is 11.0. The van der Waals surface area contributed by atoms with Crippen molar-refractivity contribution in [1.29, 1.82) is 0 Å². The highest BCUT2D eigenvalue weighted by Gasteiger charge is 2.05. The van der Waals surface area contributed by atoms with Crippen molar-refractivity contribution in [1.82, 2.24) is 0 Å². The SMILES string of the molecule is CCCCOC(C)OC(=O)C=Cc1ccccc1. The van der Waals surface area contributed by atoms with Crippen LogP contribution >= 0.6 is 0 Å². The summed E-state index contributed by atoms with van der Waals surface area (Å²) in [6.07, 6.45) is 4.68. The van der Waals surface area contributed by atoms with Crippen molar-refractivity contribution >= 4 is 12.0 Å². The third-order valence-corrected chi connectivity index (χ3v) is 2.34. The van der Waals surface area contributed by atoms with E-state index < -0.39 is 6.29 Å². The van der Waals surface area contributed by atoms with Gasteiger partial charge in [0.15, 0.2) is 6.29 Å². The van der Waals surface area contributed by atoms with Gasteiger partial charge < -0.3 is 9.47 Å². The third kappa shape index (κ3) is 6.21. The fraction of sp³-hybridized carbons (Fsp3) is 0.400. The van der Waals surface area contributed by atoms with Gasteiger partial charge in [0, 0.05) is 6.08 Å². The van der Waals surface area contributed by atoms with Crippen molar-refractivity contribution in [3.05, 3.63) is 42.0 Å². The highest BCUT2D eigenvalue weighted by atomic mass is 16.7. The van der Waals surface area contributed by atoms with Gasteiger partial charge in [-0.1, -0.05) is 43.7 Å². The van der Waals surface area contributed by atoms with E-state index in [-0.39, 0.29) is 5.97 Å². The molecule has 0 N–H and O–H groups in total. The quantitative estimate of drug-likeness (QED) is 0.321. The largest absolute Gasteiger partial charge is 0.433 e. The molecule has 3 heteroatoms. The zero-order valence-corrected chi connectivity index (χ0v) is 11.0. The lowest BCUT2D eigenvalue weighted by Crippen LogP contribution is -2.17. The van der Waals surface area contributed by atoms with Crippen LogP contribution < -0.4 is 0 Å². The highest BCUT2D eigenvalue weighted by molar-refractivity contribution is 5.87. The van der Waals surface area contributed by atoms with Crippen LogP contribution in [-0.4, -0.2) is 18.9 Å². The molecule has 0 aliphatic carbocycles. The van der Waals surface area contributed by atoms with Crippen LogP contribution in [0.25, 0.3) is 6.08 Å². The van der Waals surface area contributed by atoms with E-state index in [2.05, 4.69) is 6.92 Å². The van der Waals surface area contributed by atoms with E-state index in [0.29, 0.717) is 6.61 Å². The van der Waals surface area contributed by atoms with Crippen LogP contribution in [0, 0.1) is 0 Å². The molecular weight excluding hydrogens is 228 g/mol. The van der Waals surface area contributed by atoms with Gasteiger partial charge in [-0.2, -0.15) is 0 Å². The summed E-state index contributed by atoms with van der Waals surface area (Å²) < 4.78 is 10.4. The number of hydrogen-bond acceptors (Lipinski definition) is 3. The second-order valence-corrected chi connectivity index (χ2v) is 3.97. The molecule has 18 heavy (non-hydrogen) atoms. The Kier molecular flexibility index (Phi) is 6.81. The van der Waals surface area contributed by atoms with Gasteiger partial charge in [-0.3, -0.25) is 0 Å². The van der Waals surface area contributed by atoms with Crippen LogP contribution in [0.4, 0.5) is 0 Å². The molecule has 1 rings (SSSR count). The van der Waals surface area contributed by atoms with Crippen molar-refractivity contribution in [3.63, 3.8) is 0 Å². The fourth-order valence-corrected chi connectivity index (χ4v) is 1.36. The van der Waals surface area contributed by atoms with Crippen LogP contribution in [0.3, 0.4) is 0 Å². The number of benzene rings is 1. The normalized spacial score (nSPS) is 12.6. The molecule has 0 spiro atoms. The lowest BCUT2D eigenvalue weighted by molar-refractivity contribution is -0.168. The van der Waals surface area contributed by atoms with E-state index in [9.17, 15) is 4.79 Å². The molecule has 0 aliphatic heterocycles. The Morgan fingerprint density at radius 3 is 2.72 bits per heavy atom. The number of ether oxygens (including phenoxy) is 2. The fourth-order valence-electron chi connectivity index (χ4n) is 1.36. The van der Waals surface area contributed by atoms with E-state index in [1.165, 1.54) is 6.08 Å². The summed E-state index contributed by atoms with van der Waals surface area (Å²) in [5.74, 6) is -0.386. The van der Waals surface area contributed by atoms with Crippen molar-refractivity contribution in [3.8, 4) is 0 Å². The molecule has 1 aromatic rings. The Bertz CT molecular complexity index is 371. The van der Waals surface area contributed by atoms with E-state index in [1.807, 2.05) is 30.3 Å². The Labute approximate surface area is 108 Å².